The zero-order valence-electron chi connectivity index (χ0n) is 37.1. The zero-order chi connectivity index (χ0) is 48.9. The standard InChI is InChI=1S/C5H8O3.C5H8O2.C5H6O2.C4H5ClO2.C4H8O2.C4H6O2.C4H8O.C4H6O.C3H5ClO.C3H6O.CH4/c1-7-5(6)2-4-3-8-4;1-4(2)5(6)7-3;1-3-4-5(6)7-2;1-3(5)4(6)7-2;1-5-2-4-3-6-4;1-3-4(5)6-2;1-4(2)5-3;1-3-4-5-2;1-3(4)5-2;1-3-4-2;/h4H,2-3H2,1H3;1H2,2-3H3;1H,4H2,2H3;1H2,2H3;4H,2-3H2,1H3;3H,1H2,2H3;1H2,2-3H3;1H,4H2,2H3;1H2,2H3;3H,1H2,2H3;1H4. The molecular weight excluding hydrogens is 847 g/mol. The number of hydrogen-bond acceptors (Lipinski definition) is 17. The van der Waals surface area contributed by atoms with E-state index in [1.165, 1.54) is 48.9 Å². The van der Waals surface area contributed by atoms with Gasteiger partial charge in [-0.05, 0) is 32.0 Å². The molecule has 2 unspecified atom stereocenters. The molecule has 0 aliphatic carbocycles. The quantitative estimate of drug-likeness (QED) is 0.0523. The molecule has 61 heavy (non-hydrogen) atoms. The fourth-order valence-electron chi connectivity index (χ4n) is 1.41. The number of epoxide rings is 2. The summed E-state index contributed by atoms with van der Waals surface area (Å²) in [5.74, 6) is 3.32. The SMILES string of the molecule is C.C#CCC(=O)OC.C#CCOC.C=C(C)C(=O)OC.C=C(C)OC.C=C(Cl)C(=O)OC.C=C(Cl)OC.C=CC(=O)OC.C=COC.COC(=O)CC1CO1.COCC1CO1. The molecule has 2 aliphatic rings. The van der Waals surface area contributed by atoms with Gasteiger partial charge in [0.15, 0.2) is 5.22 Å². The van der Waals surface area contributed by atoms with Gasteiger partial charge in [-0.3, -0.25) is 9.59 Å². The molecule has 2 heterocycles. The van der Waals surface area contributed by atoms with Crippen LogP contribution in [0.25, 0.3) is 0 Å². The molecule has 2 aliphatic heterocycles. The first-order valence-electron chi connectivity index (χ1n) is 16.4. The van der Waals surface area contributed by atoms with E-state index in [0.717, 1.165) is 31.7 Å². The van der Waals surface area contributed by atoms with Gasteiger partial charge in [-0.15, -0.1) is 12.8 Å². The summed E-state index contributed by atoms with van der Waals surface area (Å²) in [5.41, 5.74) is 0.433. The molecule has 0 amide bonds. The largest absolute Gasteiger partial charge is 0.505 e. The van der Waals surface area contributed by atoms with E-state index in [2.05, 4.69) is 93.9 Å². The second kappa shape index (κ2) is 63.9. The Morgan fingerprint density at radius 1 is 0.672 bits per heavy atom. The van der Waals surface area contributed by atoms with Gasteiger partial charge < -0.3 is 56.8 Å². The number of allylic oxidation sites excluding steroid dienone is 1. The third-order valence-electron chi connectivity index (χ3n) is 4.53. The molecule has 0 aromatic carbocycles. The van der Waals surface area contributed by atoms with Crippen molar-refractivity contribution in [1.82, 2.24) is 0 Å². The van der Waals surface area contributed by atoms with E-state index in [4.69, 9.17) is 50.3 Å². The van der Waals surface area contributed by atoms with Gasteiger partial charge in [0, 0.05) is 25.9 Å². The van der Waals surface area contributed by atoms with Crippen molar-refractivity contribution in [3.05, 3.63) is 73.4 Å². The Balaban J connectivity index is -0.0000000707. The lowest BCUT2D eigenvalue weighted by molar-refractivity contribution is -0.141. The molecular formula is C42H70Cl2O17. The highest BCUT2D eigenvalue weighted by Crippen LogP contribution is 2.13. The van der Waals surface area contributed by atoms with Gasteiger partial charge in [-0.1, -0.05) is 63.8 Å². The average Bonchev–Trinajstić information content (AvgIpc) is 4.20. The maximum absolute atomic E-state index is 10.4. The number of rotatable bonds is 12. The van der Waals surface area contributed by atoms with Crippen molar-refractivity contribution in [1.29, 1.82) is 0 Å². The molecule has 2 fully saturated rings. The first-order chi connectivity index (χ1) is 28.1. The van der Waals surface area contributed by atoms with E-state index in [0.29, 0.717) is 24.7 Å². The lowest BCUT2D eigenvalue weighted by Crippen LogP contribution is -2.03. The summed E-state index contributed by atoms with van der Waals surface area (Å²) in [5, 5.41) is 0.132. The van der Waals surface area contributed by atoms with Crippen LogP contribution in [0.4, 0.5) is 0 Å². The second-order valence-electron chi connectivity index (χ2n) is 9.50. The fraction of sp³-hybridized carbons (Fsp3) is 0.500. The van der Waals surface area contributed by atoms with Crippen LogP contribution in [-0.2, 0) is 80.8 Å². The highest BCUT2D eigenvalue weighted by Gasteiger charge is 2.25. The van der Waals surface area contributed by atoms with Crippen LogP contribution in [0.2, 0.25) is 0 Å². The van der Waals surface area contributed by atoms with Crippen LogP contribution in [0.5, 0.6) is 0 Å². The Kier molecular flexibility index (Phi) is 80.1. The van der Waals surface area contributed by atoms with Gasteiger partial charge in [0.05, 0.1) is 101 Å². The monoisotopic (exact) mass is 916 g/mol. The van der Waals surface area contributed by atoms with Crippen LogP contribution in [-0.4, -0.2) is 140 Å². The molecule has 0 radical (unpaired) electrons. The molecule has 354 valence electrons. The first kappa shape index (κ1) is 76.4. The van der Waals surface area contributed by atoms with Gasteiger partial charge in [-0.2, -0.15) is 0 Å². The fourth-order valence-corrected chi connectivity index (χ4v) is 1.49. The zero-order valence-corrected chi connectivity index (χ0v) is 38.7. The van der Waals surface area contributed by atoms with E-state index in [1.54, 1.807) is 42.3 Å². The lowest BCUT2D eigenvalue weighted by Gasteiger charge is -1.91. The molecule has 0 saturated carbocycles. The summed E-state index contributed by atoms with van der Waals surface area (Å²) < 4.78 is 53.1. The Morgan fingerprint density at radius 3 is 1.16 bits per heavy atom. The third-order valence-corrected chi connectivity index (χ3v) is 4.83. The van der Waals surface area contributed by atoms with Crippen molar-refractivity contribution in [2.45, 2.75) is 46.3 Å². The van der Waals surface area contributed by atoms with Crippen LogP contribution < -0.4 is 0 Å². The Hall–Kier alpha value is -5.27. The van der Waals surface area contributed by atoms with Gasteiger partial charge >= 0.3 is 29.8 Å². The highest BCUT2D eigenvalue weighted by molar-refractivity contribution is 6.40. The van der Waals surface area contributed by atoms with E-state index in [1.807, 2.05) is 0 Å². The van der Waals surface area contributed by atoms with Crippen molar-refractivity contribution >= 4 is 53.0 Å². The summed E-state index contributed by atoms with van der Waals surface area (Å²) in [7, 11) is 14.5. The van der Waals surface area contributed by atoms with E-state index < -0.39 is 11.9 Å². The Labute approximate surface area is 374 Å². The molecule has 2 rings (SSSR count). The predicted molar refractivity (Wildman–Crippen MR) is 238 cm³/mol. The van der Waals surface area contributed by atoms with Gasteiger partial charge in [-0.25, -0.2) is 14.4 Å². The first-order valence-corrected chi connectivity index (χ1v) is 17.2. The molecule has 0 aromatic rings. The predicted octanol–water partition coefficient (Wildman–Crippen LogP) is 6.34. The van der Waals surface area contributed by atoms with Crippen LogP contribution in [0, 0.1) is 24.7 Å². The number of methoxy groups -OCH3 is 10. The van der Waals surface area contributed by atoms with Gasteiger partial charge in [0.25, 0.3) is 0 Å². The number of hydrogen-bond donors (Lipinski definition) is 0. The lowest BCUT2D eigenvalue weighted by atomic mass is 10.3. The summed E-state index contributed by atoms with van der Waals surface area (Å²) in [6.45, 7) is 25.8. The average molecular weight is 918 g/mol. The minimum absolute atomic E-state index is 0. The van der Waals surface area contributed by atoms with Crippen molar-refractivity contribution in [2.24, 2.45) is 0 Å². The maximum Gasteiger partial charge on any atom is 0.348 e. The van der Waals surface area contributed by atoms with Crippen molar-refractivity contribution in [3.63, 3.8) is 0 Å². The smallest absolute Gasteiger partial charge is 0.348 e. The number of ether oxygens (including phenoxy) is 12. The third kappa shape index (κ3) is 107. The number of carbonyl (C=O) groups is 5. The summed E-state index contributed by atoms with van der Waals surface area (Å²) in [6, 6.07) is 0. The van der Waals surface area contributed by atoms with Crippen LogP contribution >= 0.6 is 23.2 Å². The Bertz CT molecular complexity index is 1220. The number of terminal acetylenes is 2. The van der Waals surface area contributed by atoms with E-state index in [-0.39, 0.29) is 48.1 Å². The second-order valence-corrected chi connectivity index (χ2v) is 10.4. The molecule has 0 N–H and O–H groups in total. The highest BCUT2D eigenvalue weighted by atomic mass is 35.5. The molecule has 19 heteroatoms. The molecule has 0 bridgehead atoms. The minimum Gasteiger partial charge on any atom is -0.505 e. The summed E-state index contributed by atoms with van der Waals surface area (Å²) in [4.78, 5) is 50.5. The van der Waals surface area contributed by atoms with Crippen LogP contribution in [0.1, 0.15) is 34.1 Å². The van der Waals surface area contributed by atoms with Gasteiger partial charge in [0.2, 0.25) is 0 Å². The van der Waals surface area contributed by atoms with E-state index >= 15 is 0 Å². The number of halogens is 2. The van der Waals surface area contributed by atoms with E-state index in [9.17, 15) is 24.0 Å². The molecule has 0 spiro atoms. The number of esters is 5. The van der Waals surface area contributed by atoms with Gasteiger partial charge in [0.1, 0.15) is 24.2 Å². The van der Waals surface area contributed by atoms with Crippen molar-refractivity contribution in [3.8, 4) is 24.7 Å². The molecule has 2 atom stereocenters. The molecule has 17 nitrogen and oxygen atoms in total. The topological polar surface area (TPSA) is 203 Å². The summed E-state index contributed by atoms with van der Waals surface area (Å²) >= 11 is 10.1. The van der Waals surface area contributed by atoms with Crippen LogP contribution in [0.3, 0.4) is 0 Å². The molecule has 0 aromatic heterocycles. The Morgan fingerprint density at radius 2 is 1.08 bits per heavy atom. The normalized spacial score (nSPS) is 11.5. The summed E-state index contributed by atoms with van der Waals surface area (Å²) in [6.07, 6.45) is 13.1. The minimum atomic E-state index is -0.582. The van der Waals surface area contributed by atoms with Crippen LogP contribution in [0.15, 0.2) is 73.4 Å². The maximum atomic E-state index is 10.4. The van der Waals surface area contributed by atoms with Crippen molar-refractivity contribution < 1.29 is 80.8 Å². The van der Waals surface area contributed by atoms with Crippen molar-refractivity contribution in [2.75, 3.05) is 97.5 Å². The molecule has 2 saturated heterocycles. The number of carbonyl (C=O) groups excluding carboxylic acids is 5.